The van der Waals surface area contributed by atoms with Crippen molar-refractivity contribution in [1.82, 2.24) is 9.88 Å². The van der Waals surface area contributed by atoms with Gasteiger partial charge < -0.3 is 20.3 Å². The largest absolute Gasteiger partial charge is 0.387 e. The van der Waals surface area contributed by atoms with E-state index in [9.17, 15) is 23.5 Å². The van der Waals surface area contributed by atoms with Crippen LogP contribution >= 0.6 is 0 Å². The molecule has 0 saturated heterocycles. The molecule has 6 nitrogen and oxygen atoms in total. The third-order valence-electron chi connectivity index (χ3n) is 4.13. The summed E-state index contributed by atoms with van der Waals surface area (Å²) >= 11 is 0. The van der Waals surface area contributed by atoms with E-state index in [1.54, 1.807) is 12.1 Å². The Kier molecular flexibility index (Phi) is 5.18. The van der Waals surface area contributed by atoms with Crippen LogP contribution in [0.4, 0.5) is 14.5 Å². The molecule has 27 heavy (non-hydrogen) atoms. The molecule has 0 bridgehead atoms. The summed E-state index contributed by atoms with van der Waals surface area (Å²) in [5.74, 6) is -4.25. The number of anilines is 1. The Morgan fingerprint density at radius 2 is 1.85 bits per heavy atom. The van der Waals surface area contributed by atoms with Crippen LogP contribution in [0.1, 0.15) is 11.7 Å². The second-order valence-corrected chi connectivity index (χ2v) is 6.05. The molecule has 0 spiro atoms. The van der Waals surface area contributed by atoms with Crippen molar-refractivity contribution in [2.45, 2.75) is 6.10 Å². The van der Waals surface area contributed by atoms with Crippen LogP contribution in [0.25, 0.3) is 10.9 Å². The van der Waals surface area contributed by atoms with Crippen molar-refractivity contribution in [3.63, 3.8) is 0 Å². The van der Waals surface area contributed by atoms with E-state index >= 15 is 0 Å². The molecule has 3 aromatic rings. The fraction of sp³-hybridized carbons (Fsp3) is 0.158. The number of halogens is 2. The number of aryl methyl sites for hydroxylation is 1. The third-order valence-corrected chi connectivity index (χ3v) is 4.13. The first-order valence-electron chi connectivity index (χ1n) is 8.12. The average molecular weight is 373 g/mol. The summed E-state index contributed by atoms with van der Waals surface area (Å²) in [5, 5.41) is 15.6. The van der Waals surface area contributed by atoms with E-state index in [1.807, 2.05) is 29.9 Å². The molecule has 0 saturated carbocycles. The van der Waals surface area contributed by atoms with Gasteiger partial charge in [0.2, 0.25) is 0 Å². The summed E-state index contributed by atoms with van der Waals surface area (Å²) in [6.07, 6.45) is 0.889. The van der Waals surface area contributed by atoms with Crippen LogP contribution in [0.15, 0.2) is 48.7 Å². The highest BCUT2D eigenvalue weighted by atomic mass is 19.2. The lowest BCUT2D eigenvalue weighted by atomic mass is 10.1. The highest BCUT2D eigenvalue weighted by Crippen LogP contribution is 2.20. The number of fused-ring (bicyclic) bond motifs is 1. The molecule has 2 aromatic carbocycles. The summed E-state index contributed by atoms with van der Waals surface area (Å²) in [5.41, 5.74) is 1.54. The fourth-order valence-corrected chi connectivity index (χ4v) is 2.66. The van der Waals surface area contributed by atoms with Gasteiger partial charge in [0.1, 0.15) is 0 Å². The van der Waals surface area contributed by atoms with Gasteiger partial charge in [0.05, 0.1) is 6.10 Å². The first kappa shape index (κ1) is 18.5. The van der Waals surface area contributed by atoms with Gasteiger partial charge in [0.15, 0.2) is 11.6 Å². The van der Waals surface area contributed by atoms with Crippen molar-refractivity contribution in [2.75, 3.05) is 11.9 Å². The quantitative estimate of drug-likeness (QED) is 0.614. The second-order valence-electron chi connectivity index (χ2n) is 6.05. The number of benzene rings is 2. The number of amides is 2. The Labute approximate surface area is 153 Å². The highest BCUT2D eigenvalue weighted by molar-refractivity contribution is 6.39. The number of aromatic nitrogens is 1. The van der Waals surface area contributed by atoms with Gasteiger partial charge in [0.25, 0.3) is 0 Å². The van der Waals surface area contributed by atoms with Crippen molar-refractivity contribution < 1.29 is 23.5 Å². The van der Waals surface area contributed by atoms with Gasteiger partial charge in [-0.05, 0) is 41.3 Å². The molecule has 0 fully saturated rings. The zero-order valence-corrected chi connectivity index (χ0v) is 14.4. The molecule has 0 radical (unpaired) electrons. The van der Waals surface area contributed by atoms with E-state index in [0.29, 0.717) is 5.56 Å². The summed E-state index contributed by atoms with van der Waals surface area (Å²) < 4.78 is 27.9. The molecule has 0 aliphatic carbocycles. The van der Waals surface area contributed by atoms with Gasteiger partial charge in [-0.3, -0.25) is 9.59 Å². The molecule has 140 valence electrons. The van der Waals surface area contributed by atoms with Crippen LogP contribution in [0.2, 0.25) is 0 Å². The van der Waals surface area contributed by atoms with Crippen LogP contribution in [0.5, 0.6) is 0 Å². The molecular formula is C19H17F2N3O3. The highest BCUT2D eigenvalue weighted by Gasteiger charge is 2.17. The molecule has 0 aliphatic heterocycles. The molecule has 1 unspecified atom stereocenters. The Bertz CT molecular complexity index is 1020. The molecule has 1 atom stereocenters. The fourth-order valence-electron chi connectivity index (χ4n) is 2.66. The van der Waals surface area contributed by atoms with Crippen LogP contribution in [0, 0.1) is 11.6 Å². The van der Waals surface area contributed by atoms with Crippen LogP contribution in [0.3, 0.4) is 0 Å². The van der Waals surface area contributed by atoms with Crippen molar-refractivity contribution in [1.29, 1.82) is 0 Å². The lowest BCUT2D eigenvalue weighted by molar-refractivity contribution is -0.136. The number of hydrogen-bond acceptors (Lipinski definition) is 3. The van der Waals surface area contributed by atoms with Crippen molar-refractivity contribution in [2.24, 2.45) is 7.05 Å². The van der Waals surface area contributed by atoms with Crippen LogP contribution in [-0.2, 0) is 16.6 Å². The Balaban J connectivity index is 1.58. The first-order valence-corrected chi connectivity index (χ1v) is 8.12. The predicted molar refractivity (Wildman–Crippen MR) is 95.9 cm³/mol. The summed E-state index contributed by atoms with van der Waals surface area (Å²) in [6, 6.07) is 10.0. The van der Waals surface area contributed by atoms with Crippen LogP contribution < -0.4 is 10.6 Å². The number of aliphatic hydroxyl groups excluding tert-OH is 1. The smallest absolute Gasteiger partial charge is 0.313 e. The van der Waals surface area contributed by atoms with Crippen molar-refractivity contribution >= 4 is 28.4 Å². The number of rotatable bonds is 4. The Morgan fingerprint density at radius 1 is 1.07 bits per heavy atom. The normalized spacial score (nSPS) is 12.0. The molecule has 1 heterocycles. The monoisotopic (exact) mass is 373 g/mol. The molecule has 2 amide bonds. The molecular weight excluding hydrogens is 356 g/mol. The van der Waals surface area contributed by atoms with Crippen LogP contribution in [-0.4, -0.2) is 28.0 Å². The van der Waals surface area contributed by atoms with Gasteiger partial charge in [-0.1, -0.05) is 6.07 Å². The lowest BCUT2D eigenvalue weighted by Crippen LogP contribution is -2.37. The van der Waals surface area contributed by atoms with E-state index in [2.05, 4.69) is 10.6 Å². The average Bonchev–Trinajstić information content (AvgIpc) is 3.02. The maximum absolute atomic E-state index is 13.1. The van der Waals surface area contributed by atoms with Gasteiger partial charge in [-0.25, -0.2) is 8.78 Å². The number of hydrogen-bond donors (Lipinski definition) is 3. The summed E-state index contributed by atoms with van der Waals surface area (Å²) in [7, 11) is 1.91. The number of aliphatic hydroxyl groups is 1. The van der Waals surface area contributed by atoms with Gasteiger partial charge in [0, 0.05) is 37.1 Å². The topological polar surface area (TPSA) is 83.4 Å². The molecule has 0 aliphatic rings. The van der Waals surface area contributed by atoms with Gasteiger partial charge in [-0.15, -0.1) is 0 Å². The Hall–Kier alpha value is -3.26. The zero-order chi connectivity index (χ0) is 19.6. The Morgan fingerprint density at radius 3 is 2.59 bits per heavy atom. The minimum Gasteiger partial charge on any atom is -0.387 e. The number of nitrogens with zero attached hydrogens (tertiary/aromatic N) is 1. The second kappa shape index (κ2) is 7.55. The summed E-state index contributed by atoms with van der Waals surface area (Å²) in [6.45, 7) is -0.178. The molecule has 3 N–H and O–H groups in total. The maximum atomic E-state index is 13.1. The number of nitrogens with one attached hydrogen (secondary N) is 2. The summed E-state index contributed by atoms with van der Waals surface area (Å²) in [4.78, 5) is 23.7. The van der Waals surface area contributed by atoms with Gasteiger partial charge >= 0.3 is 11.8 Å². The predicted octanol–water partition coefficient (Wildman–Crippen LogP) is 2.24. The third kappa shape index (κ3) is 4.12. The van der Waals surface area contributed by atoms with E-state index in [-0.39, 0.29) is 12.2 Å². The molecule has 8 heteroatoms. The standard InChI is InChI=1S/C19H17F2N3O3/c1-24-7-6-11-8-12(2-5-16(11)24)17(25)10-22-18(26)19(27)23-13-3-4-14(20)15(21)9-13/h2-9,17,25H,10H2,1H3,(H,22,26)(H,23,27). The van der Waals surface area contributed by atoms with Gasteiger partial charge in [-0.2, -0.15) is 0 Å². The zero-order valence-electron chi connectivity index (χ0n) is 14.4. The minimum atomic E-state index is -1.14. The van der Waals surface area contributed by atoms with Crippen molar-refractivity contribution in [3.05, 3.63) is 65.9 Å². The van der Waals surface area contributed by atoms with E-state index in [4.69, 9.17) is 0 Å². The lowest BCUT2D eigenvalue weighted by Gasteiger charge is -2.13. The number of carbonyl (C=O) groups is 2. The SMILES string of the molecule is Cn1ccc2cc(C(O)CNC(=O)C(=O)Nc3ccc(F)c(F)c3)ccc21. The maximum Gasteiger partial charge on any atom is 0.313 e. The first-order chi connectivity index (χ1) is 12.8. The van der Waals surface area contributed by atoms with E-state index in [1.165, 1.54) is 0 Å². The van der Waals surface area contributed by atoms with E-state index in [0.717, 1.165) is 29.1 Å². The minimum absolute atomic E-state index is 0.0517. The molecule has 1 aromatic heterocycles. The van der Waals surface area contributed by atoms with E-state index < -0.39 is 29.6 Å². The molecule has 3 rings (SSSR count). The van der Waals surface area contributed by atoms with Crippen molar-refractivity contribution in [3.8, 4) is 0 Å². The number of carbonyl (C=O) groups excluding carboxylic acids is 2.